The van der Waals surface area contributed by atoms with Crippen LogP contribution in [0.2, 0.25) is 0 Å². The van der Waals surface area contributed by atoms with Crippen LogP contribution in [0.25, 0.3) is 6.08 Å². The summed E-state index contributed by atoms with van der Waals surface area (Å²) < 4.78 is 33.6. The zero-order valence-electron chi connectivity index (χ0n) is 12.3. The van der Waals surface area contributed by atoms with E-state index < -0.39 is 14.9 Å². The fraction of sp³-hybridized carbons (Fsp3) is 0.222. The number of fused-ring (bicyclic) bond motifs is 1. The molecule has 0 aliphatic heterocycles. The zero-order chi connectivity index (χ0) is 15.8. The van der Waals surface area contributed by atoms with Gasteiger partial charge in [0.25, 0.3) is 10.1 Å². The van der Waals surface area contributed by atoms with Gasteiger partial charge in [-0.25, -0.2) is 0 Å². The van der Waals surface area contributed by atoms with Gasteiger partial charge in [-0.15, -0.1) is 0 Å². The third-order valence-electron chi connectivity index (χ3n) is 4.49. The smallest absolute Gasteiger partial charge is 0.275 e. The second kappa shape index (κ2) is 5.38. The highest BCUT2D eigenvalue weighted by Gasteiger charge is 2.50. The largest absolute Gasteiger partial charge is 0.285 e. The SMILES string of the molecule is CC1C=Cc2ccccc2C1(Cc1ccccc1)S(=O)(=O)O. The fourth-order valence-corrected chi connectivity index (χ4v) is 4.66. The number of hydrogen-bond donors (Lipinski definition) is 1. The van der Waals surface area contributed by atoms with Crippen molar-refractivity contribution in [2.24, 2.45) is 5.92 Å². The summed E-state index contributed by atoms with van der Waals surface area (Å²) in [6.07, 6.45) is 4.03. The number of rotatable bonds is 3. The molecule has 1 aliphatic carbocycles. The normalized spacial score (nSPS) is 24.0. The van der Waals surface area contributed by atoms with Crippen molar-refractivity contribution in [3.8, 4) is 0 Å². The molecular weight excluding hydrogens is 296 g/mol. The van der Waals surface area contributed by atoms with E-state index in [0.717, 1.165) is 11.1 Å². The quantitative estimate of drug-likeness (QED) is 0.879. The Balaban J connectivity index is 2.25. The van der Waals surface area contributed by atoms with Crippen LogP contribution in [0.1, 0.15) is 23.6 Å². The zero-order valence-corrected chi connectivity index (χ0v) is 13.1. The van der Waals surface area contributed by atoms with Crippen molar-refractivity contribution in [2.45, 2.75) is 18.1 Å². The summed E-state index contributed by atoms with van der Waals surface area (Å²) in [5, 5.41) is 0. The maximum absolute atomic E-state index is 12.4. The number of benzene rings is 2. The Morgan fingerprint density at radius 2 is 1.68 bits per heavy atom. The number of allylic oxidation sites excluding steroid dienone is 1. The fourth-order valence-electron chi connectivity index (χ4n) is 3.30. The van der Waals surface area contributed by atoms with Crippen molar-refractivity contribution in [3.63, 3.8) is 0 Å². The van der Waals surface area contributed by atoms with Crippen LogP contribution in [0.4, 0.5) is 0 Å². The second-order valence-corrected chi connectivity index (χ2v) is 7.44. The third kappa shape index (κ3) is 2.28. The molecule has 0 saturated carbocycles. The first-order chi connectivity index (χ1) is 10.4. The molecule has 2 aromatic carbocycles. The Morgan fingerprint density at radius 1 is 1.05 bits per heavy atom. The Bertz CT molecular complexity index is 809. The van der Waals surface area contributed by atoms with Gasteiger partial charge in [0.15, 0.2) is 0 Å². The molecule has 22 heavy (non-hydrogen) atoms. The Morgan fingerprint density at radius 3 is 2.36 bits per heavy atom. The lowest BCUT2D eigenvalue weighted by atomic mass is 9.76. The first kappa shape index (κ1) is 15.0. The molecule has 0 spiro atoms. The highest BCUT2D eigenvalue weighted by Crippen LogP contribution is 2.45. The average molecular weight is 314 g/mol. The highest BCUT2D eigenvalue weighted by molar-refractivity contribution is 7.86. The van der Waals surface area contributed by atoms with Crippen molar-refractivity contribution in [1.82, 2.24) is 0 Å². The second-order valence-electron chi connectivity index (χ2n) is 5.76. The molecule has 4 heteroatoms. The molecule has 3 nitrogen and oxygen atoms in total. The van der Waals surface area contributed by atoms with Crippen LogP contribution in [-0.2, 0) is 21.3 Å². The summed E-state index contributed by atoms with van der Waals surface area (Å²) in [7, 11) is -4.30. The van der Waals surface area contributed by atoms with E-state index in [1.807, 2.05) is 67.6 Å². The van der Waals surface area contributed by atoms with Crippen LogP contribution >= 0.6 is 0 Å². The van der Waals surface area contributed by atoms with E-state index in [1.54, 1.807) is 6.07 Å². The minimum Gasteiger partial charge on any atom is -0.285 e. The lowest BCUT2D eigenvalue weighted by molar-refractivity contribution is 0.376. The van der Waals surface area contributed by atoms with E-state index in [1.165, 1.54) is 0 Å². The molecule has 2 unspecified atom stereocenters. The van der Waals surface area contributed by atoms with Gasteiger partial charge in [0.2, 0.25) is 0 Å². The molecule has 0 amide bonds. The van der Waals surface area contributed by atoms with Gasteiger partial charge in [-0.05, 0) is 23.1 Å². The molecule has 0 heterocycles. The monoisotopic (exact) mass is 314 g/mol. The van der Waals surface area contributed by atoms with E-state index in [4.69, 9.17) is 0 Å². The van der Waals surface area contributed by atoms with Gasteiger partial charge in [-0.3, -0.25) is 4.55 Å². The van der Waals surface area contributed by atoms with E-state index in [9.17, 15) is 13.0 Å². The number of hydrogen-bond acceptors (Lipinski definition) is 2. The molecule has 1 N–H and O–H groups in total. The van der Waals surface area contributed by atoms with Crippen molar-refractivity contribution >= 4 is 16.2 Å². The lowest BCUT2D eigenvalue weighted by Crippen LogP contribution is -2.44. The van der Waals surface area contributed by atoms with Crippen LogP contribution in [-0.4, -0.2) is 13.0 Å². The van der Waals surface area contributed by atoms with Crippen molar-refractivity contribution in [3.05, 3.63) is 77.4 Å². The first-order valence-electron chi connectivity index (χ1n) is 7.24. The standard InChI is InChI=1S/C18H18O3S/c1-14-11-12-16-9-5-6-10-17(16)18(14,22(19,20)21)13-15-7-3-2-4-8-15/h2-12,14H,13H2,1H3,(H,19,20,21). The molecule has 2 aromatic rings. The van der Waals surface area contributed by atoms with Gasteiger partial charge in [0.1, 0.15) is 4.75 Å². The van der Waals surface area contributed by atoms with Gasteiger partial charge in [-0.2, -0.15) is 8.42 Å². The Kier molecular flexibility index (Phi) is 3.67. The minimum atomic E-state index is -4.30. The van der Waals surface area contributed by atoms with Crippen LogP contribution in [0.15, 0.2) is 60.7 Å². The van der Waals surface area contributed by atoms with Gasteiger partial charge in [-0.1, -0.05) is 73.7 Å². The predicted molar refractivity (Wildman–Crippen MR) is 88.0 cm³/mol. The predicted octanol–water partition coefficient (Wildman–Crippen LogP) is 3.68. The van der Waals surface area contributed by atoms with E-state index >= 15 is 0 Å². The third-order valence-corrected chi connectivity index (χ3v) is 6.14. The Labute approximate surface area is 131 Å². The molecule has 2 atom stereocenters. The molecular formula is C18H18O3S. The molecule has 1 aliphatic rings. The molecule has 0 fully saturated rings. The summed E-state index contributed by atoms with van der Waals surface area (Å²) in [5.74, 6) is -0.322. The van der Waals surface area contributed by atoms with Gasteiger partial charge in [0.05, 0.1) is 0 Å². The summed E-state index contributed by atoms with van der Waals surface area (Å²) in [5.41, 5.74) is 2.39. The molecule has 0 radical (unpaired) electrons. The molecule has 0 aromatic heterocycles. The molecule has 3 rings (SSSR count). The molecule has 0 bridgehead atoms. The van der Waals surface area contributed by atoms with Crippen LogP contribution in [0.5, 0.6) is 0 Å². The van der Waals surface area contributed by atoms with Crippen molar-refractivity contribution in [1.29, 1.82) is 0 Å². The van der Waals surface area contributed by atoms with Crippen LogP contribution < -0.4 is 0 Å². The maximum atomic E-state index is 12.4. The average Bonchev–Trinajstić information content (AvgIpc) is 2.50. The van der Waals surface area contributed by atoms with Gasteiger partial charge < -0.3 is 0 Å². The molecule has 114 valence electrons. The first-order valence-corrected chi connectivity index (χ1v) is 8.68. The van der Waals surface area contributed by atoms with Crippen molar-refractivity contribution < 1.29 is 13.0 Å². The highest BCUT2D eigenvalue weighted by atomic mass is 32.2. The maximum Gasteiger partial charge on any atom is 0.275 e. The van der Waals surface area contributed by atoms with Crippen LogP contribution in [0.3, 0.4) is 0 Å². The van der Waals surface area contributed by atoms with Crippen LogP contribution in [0, 0.1) is 5.92 Å². The Hall–Kier alpha value is -1.91. The van der Waals surface area contributed by atoms with Gasteiger partial charge >= 0.3 is 0 Å². The lowest BCUT2D eigenvalue weighted by Gasteiger charge is -2.39. The van der Waals surface area contributed by atoms with E-state index in [0.29, 0.717) is 5.56 Å². The summed E-state index contributed by atoms with van der Waals surface area (Å²) in [4.78, 5) is 0. The minimum absolute atomic E-state index is 0.245. The van der Waals surface area contributed by atoms with Gasteiger partial charge in [0, 0.05) is 5.92 Å². The van der Waals surface area contributed by atoms with E-state index in [-0.39, 0.29) is 12.3 Å². The van der Waals surface area contributed by atoms with Crippen molar-refractivity contribution in [2.75, 3.05) is 0 Å². The summed E-state index contributed by atoms with van der Waals surface area (Å²) in [6, 6.07) is 16.8. The molecule has 0 saturated heterocycles. The topological polar surface area (TPSA) is 54.4 Å². The summed E-state index contributed by atoms with van der Waals surface area (Å²) in [6.45, 7) is 1.84. The van der Waals surface area contributed by atoms with E-state index in [2.05, 4.69) is 0 Å². The summed E-state index contributed by atoms with van der Waals surface area (Å²) >= 11 is 0.